The van der Waals surface area contributed by atoms with Crippen LogP contribution in [0.2, 0.25) is 0 Å². The van der Waals surface area contributed by atoms with Gasteiger partial charge in [-0.15, -0.1) is 0 Å². The van der Waals surface area contributed by atoms with Crippen molar-refractivity contribution in [3.8, 4) is 0 Å². The van der Waals surface area contributed by atoms with Crippen LogP contribution in [0.1, 0.15) is 279 Å². The van der Waals surface area contributed by atoms with E-state index in [2.05, 4.69) is 70.2 Å². The first kappa shape index (κ1) is 60.1. The minimum atomic E-state index is -0.573. The molecule has 3 aliphatic carbocycles. The first-order chi connectivity index (χ1) is 32.8. The van der Waals surface area contributed by atoms with Crippen molar-refractivity contribution in [2.45, 2.75) is 303 Å². The number of ether oxygens (including phenoxy) is 2. The molecular weight excluding hydrogens is 841 g/mol. The summed E-state index contributed by atoms with van der Waals surface area (Å²) in [5, 5.41) is 21.0. The molecule has 3 fully saturated rings. The highest BCUT2D eigenvalue weighted by molar-refractivity contribution is 5.69. The van der Waals surface area contributed by atoms with Gasteiger partial charge in [-0.05, 0) is 171 Å². The SMILES string of the molecule is CCCCC/C=C\C/C=C\CCCCCCCC(=O)O[C@@H](C/C=C\CCCCCCCC(=O)O[C@@H]1CC(C/C=C2\CCC[C@]3(C)[C@@H]([C@H](C)CCCC(C)(C)O)CC[C@@H]23)C[C@@H](O)C1)CCCCCC. The number of unbranched alkanes of at least 4 members (excludes halogenated alkanes) is 16. The molecule has 0 aromatic carbocycles. The number of hydrogen-bond donors (Lipinski definition) is 2. The topological polar surface area (TPSA) is 93.1 Å². The molecular formula is C62H108O6. The predicted octanol–water partition coefficient (Wildman–Crippen LogP) is 17.5. The first-order valence-electron chi connectivity index (χ1n) is 29.3. The summed E-state index contributed by atoms with van der Waals surface area (Å²) in [4.78, 5) is 25.7. The maximum Gasteiger partial charge on any atom is 0.306 e. The molecule has 0 aliphatic heterocycles. The number of rotatable bonds is 38. The predicted molar refractivity (Wildman–Crippen MR) is 287 cm³/mol. The summed E-state index contributed by atoms with van der Waals surface area (Å²) in [5.74, 6) is 2.36. The van der Waals surface area contributed by atoms with Crippen molar-refractivity contribution >= 4 is 11.9 Å². The average Bonchev–Trinajstić information content (AvgIpc) is 3.65. The number of carbonyl (C=O) groups is 2. The van der Waals surface area contributed by atoms with Gasteiger partial charge in [-0.1, -0.05) is 159 Å². The second kappa shape index (κ2) is 35.8. The maximum atomic E-state index is 12.9. The normalized spacial score (nSPS) is 24.9. The van der Waals surface area contributed by atoms with Gasteiger partial charge in [0, 0.05) is 25.7 Å². The van der Waals surface area contributed by atoms with Gasteiger partial charge in [-0.2, -0.15) is 0 Å². The van der Waals surface area contributed by atoms with Crippen LogP contribution in [0, 0.1) is 29.1 Å². The number of hydrogen-bond acceptors (Lipinski definition) is 6. The highest BCUT2D eigenvalue weighted by Gasteiger charge is 2.50. The van der Waals surface area contributed by atoms with Crippen molar-refractivity contribution in [3.63, 3.8) is 0 Å². The molecule has 0 aromatic heterocycles. The molecule has 0 spiro atoms. The first-order valence-corrected chi connectivity index (χ1v) is 29.3. The molecule has 3 rings (SSSR count). The fourth-order valence-corrected chi connectivity index (χ4v) is 12.3. The van der Waals surface area contributed by atoms with Crippen molar-refractivity contribution in [2.75, 3.05) is 0 Å². The van der Waals surface area contributed by atoms with E-state index in [1.54, 1.807) is 5.57 Å². The monoisotopic (exact) mass is 949 g/mol. The van der Waals surface area contributed by atoms with Crippen LogP contribution in [0.15, 0.2) is 48.1 Å². The molecule has 2 N–H and O–H groups in total. The van der Waals surface area contributed by atoms with Gasteiger partial charge in [-0.3, -0.25) is 9.59 Å². The molecule has 392 valence electrons. The molecule has 1 unspecified atom stereocenters. The second-order valence-electron chi connectivity index (χ2n) is 23.1. The zero-order valence-electron chi connectivity index (χ0n) is 45.3. The Hall–Kier alpha value is -2.18. The Morgan fingerprint density at radius 2 is 1.32 bits per heavy atom. The van der Waals surface area contributed by atoms with E-state index in [0.29, 0.717) is 42.4 Å². The molecule has 8 atom stereocenters. The van der Waals surface area contributed by atoms with Crippen molar-refractivity contribution < 1.29 is 29.3 Å². The molecule has 6 heteroatoms. The van der Waals surface area contributed by atoms with Crippen LogP contribution in [0.3, 0.4) is 0 Å². The fraction of sp³-hybridized carbons (Fsp3) is 0.839. The van der Waals surface area contributed by atoms with Crippen LogP contribution >= 0.6 is 0 Å². The Kier molecular flexibility index (Phi) is 31.7. The summed E-state index contributed by atoms with van der Waals surface area (Å²) >= 11 is 0. The van der Waals surface area contributed by atoms with Crippen molar-refractivity contribution in [1.29, 1.82) is 0 Å². The quantitative estimate of drug-likeness (QED) is 0.0364. The van der Waals surface area contributed by atoms with E-state index in [1.165, 1.54) is 103 Å². The second-order valence-corrected chi connectivity index (χ2v) is 23.1. The molecule has 0 bridgehead atoms. The summed E-state index contributed by atoms with van der Waals surface area (Å²) in [7, 11) is 0. The van der Waals surface area contributed by atoms with Crippen LogP contribution < -0.4 is 0 Å². The minimum absolute atomic E-state index is 0.0106. The van der Waals surface area contributed by atoms with Crippen molar-refractivity contribution in [1.82, 2.24) is 0 Å². The Labute approximate surface area is 419 Å². The van der Waals surface area contributed by atoms with Gasteiger partial charge in [0.15, 0.2) is 0 Å². The molecule has 0 saturated heterocycles. The largest absolute Gasteiger partial charge is 0.462 e. The highest BCUT2D eigenvalue weighted by Crippen LogP contribution is 2.60. The van der Waals surface area contributed by atoms with Gasteiger partial charge in [-0.25, -0.2) is 0 Å². The standard InChI is InChI=1S/C62H108O6/c1-7-9-11-13-14-15-16-17-18-19-20-21-25-28-32-40-59(64)67-55(38-30-12-10-8-2)39-31-27-24-22-23-26-29-33-41-60(65)68-56-49-52(48-54(63)50-56)42-43-53-37-35-47-62(6)57(44-45-58(53)62)51(3)36-34-46-61(4,5)66/h14-15,17-18,27,31,43,51-52,54-58,63,66H,7-13,16,19-26,28-30,32-42,44-50H2,1-6H3/b15-14-,18-17-,31-27-,53-43+/t51-,52?,54-,55-,56-,57-,58+,62-/m1/s1. The molecule has 0 aromatic rings. The lowest BCUT2D eigenvalue weighted by Crippen LogP contribution is -2.36. The third-order valence-electron chi connectivity index (χ3n) is 16.2. The van der Waals surface area contributed by atoms with Gasteiger partial charge in [0.25, 0.3) is 0 Å². The zero-order valence-corrected chi connectivity index (χ0v) is 45.3. The van der Waals surface area contributed by atoms with Gasteiger partial charge >= 0.3 is 11.9 Å². The molecule has 3 saturated carbocycles. The van der Waals surface area contributed by atoms with E-state index in [-0.39, 0.29) is 24.1 Å². The molecule has 0 radical (unpaired) electrons. The molecule has 68 heavy (non-hydrogen) atoms. The summed E-state index contributed by atoms with van der Waals surface area (Å²) in [6.07, 6.45) is 55.4. The highest BCUT2D eigenvalue weighted by atomic mass is 16.5. The number of aliphatic hydroxyl groups excluding tert-OH is 1. The molecule has 6 nitrogen and oxygen atoms in total. The van der Waals surface area contributed by atoms with Crippen molar-refractivity contribution in [3.05, 3.63) is 48.1 Å². The third-order valence-corrected chi connectivity index (χ3v) is 16.2. The van der Waals surface area contributed by atoms with Crippen LogP contribution in [0.5, 0.6) is 0 Å². The number of allylic oxidation sites excluding steroid dienone is 7. The Bertz CT molecular complexity index is 1440. The van der Waals surface area contributed by atoms with E-state index in [9.17, 15) is 19.8 Å². The summed E-state index contributed by atoms with van der Waals surface area (Å²) in [6, 6.07) is 0. The van der Waals surface area contributed by atoms with E-state index in [1.807, 2.05) is 13.8 Å². The fourth-order valence-electron chi connectivity index (χ4n) is 12.3. The van der Waals surface area contributed by atoms with Crippen LogP contribution in [0.4, 0.5) is 0 Å². The third kappa shape index (κ3) is 26.3. The number of fused-ring (bicyclic) bond motifs is 1. The summed E-state index contributed by atoms with van der Waals surface area (Å²) in [5.41, 5.74) is 1.46. The Balaban J connectivity index is 1.25. The lowest BCUT2D eigenvalue weighted by Gasteiger charge is -2.44. The van der Waals surface area contributed by atoms with E-state index in [4.69, 9.17) is 9.47 Å². The molecule has 0 heterocycles. The van der Waals surface area contributed by atoms with Gasteiger partial charge in [0.05, 0.1) is 11.7 Å². The molecule has 0 amide bonds. The maximum absolute atomic E-state index is 12.9. The lowest BCUT2D eigenvalue weighted by molar-refractivity contribution is -0.153. The minimum Gasteiger partial charge on any atom is -0.462 e. The van der Waals surface area contributed by atoms with E-state index in [0.717, 1.165) is 121 Å². The van der Waals surface area contributed by atoms with E-state index < -0.39 is 11.7 Å². The average molecular weight is 950 g/mol. The number of aliphatic hydroxyl groups is 2. The van der Waals surface area contributed by atoms with Gasteiger partial charge < -0.3 is 19.7 Å². The van der Waals surface area contributed by atoms with Crippen molar-refractivity contribution in [2.24, 2.45) is 29.1 Å². The number of carbonyl (C=O) groups excluding carboxylic acids is 2. The van der Waals surface area contributed by atoms with Crippen LogP contribution in [0.25, 0.3) is 0 Å². The summed E-state index contributed by atoms with van der Waals surface area (Å²) < 4.78 is 12.0. The summed E-state index contributed by atoms with van der Waals surface area (Å²) in [6.45, 7) is 13.4. The Morgan fingerprint density at radius 3 is 2.00 bits per heavy atom. The Morgan fingerprint density at radius 1 is 0.721 bits per heavy atom. The smallest absolute Gasteiger partial charge is 0.306 e. The zero-order chi connectivity index (χ0) is 49.3. The van der Waals surface area contributed by atoms with Crippen LogP contribution in [-0.4, -0.2) is 46.1 Å². The number of esters is 2. The van der Waals surface area contributed by atoms with Gasteiger partial charge in [0.2, 0.25) is 0 Å². The van der Waals surface area contributed by atoms with Gasteiger partial charge in [0.1, 0.15) is 12.2 Å². The van der Waals surface area contributed by atoms with E-state index >= 15 is 0 Å². The molecule has 3 aliphatic rings. The lowest BCUT2D eigenvalue weighted by atomic mass is 9.60. The van der Waals surface area contributed by atoms with Crippen LogP contribution in [-0.2, 0) is 19.1 Å².